The van der Waals surface area contributed by atoms with Crippen molar-refractivity contribution in [3.8, 4) is 5.75 Å². The van der Waals surface area contributed by atoms with Gasteiger partial charge in [-0.15, -0.1) is 0 Å². The lowest BCUT2D eigenvalue weighted by Gasteiger charge is -2.21. The molecule has 0 atom stereocenters. The van der Waals surface area contributed by atoms with Crippen molar-refractivity contribution in [2.45, 2.75) is 0 Å². The van der Waals surface area contributed by atoms with Gasteiger partial charge in [-0.05, 0) is 75.6 Å². The van der Waals surface area contributed by atoms with E-state index >= 15 is 0 Å². The zero-order chi connectivity index (χ0) is 20.4. The van der Waals surface area contributed by atoms with Crippen LogP contribution in [-0.4, -0.2) is 13.0 Å². The van der Waals surface area contributed by atoms with Crippen LogP contribution in [0.2, 0.25) is 0 Å². The van der Waals surface area contributed by atoms with Crippen molar-refractivity contribution in [3.63, 3.8) is 0 Å². The molecule has 0 spiro atoms. The maximum absolute atomic E-state index is 13.3. The first-order chi connectivity index (χ1) is 14.1. The Kier molecular flexibility index (Phi) is 5.69. The molecule has 0 N–H and O–H groups in total. The van der Waals surface area contributed by atoms with E-state index in [0.717, 1.165) is 37.2 Å². The van der Waals surface area contributed by atoms with Gasteiger partial charge >= 0.3 is 0 Å². The van der Waals surface area contributed by atoms with Crippen LogP contribution in [0, 0.1) is 0 Å². The maximum Gasteiger partial charge on any atom is 0.262 e. The highest BCUT2D eigenvalue weighted by molar-refractivity contribution is 9.10. The van der Waals surface area contributed by atoms with Crippen molar-refractivity contribution < 1.29 is 9.53 Å². The third kappa shape index (κ3) is 4.07. The molecule has 1 heterocycles. The number of halogens is 2. The van der Waals surface area contributed by atoms with E-state index in [2.05, 4.69) is 31.9 Å². The van der Waals surface area contributed by atoms with Gasteiger partial charge in [-0.3, -0.25) is 9.69 Å². The Morgan fingerprint density at radius 3 is 2.31 bits per heavy atom. The molecule has 144 valence electrons. The van der Waals surface area contributed by atoms with E-state index in [1.807, 2.05) is 84.9 Å². The molecule has 0 fully saturated rings. The molecule has 0 aromatic heterocycles. The van der Waals surface area contributed by atoms with Gasteiger partial charge in [0, 0.05) is 15.7 Å². The average molecular weight is 511 g/mol. The van der Waals surface area contributed by atoms with E-state index in [0.29, 0.717) is 5.57 Å². The number of carbonyl (C=O) groups excluding carboxylic acids is 1. The van der Waals surface area contributed by atoms with Crippen LogP contribution in [0.4, 0.5) is 5.69 Å². The summed E-state index contributed by atoms with van der Waals surface area (Å²) in [7, 11) is 1.63. The zero-order valence-corrected chi connectivity index (χ0v) is 18.8. The first-order valence-corrected chi connectivity index (χ1v) is 10.6. The minimum Gasteiger partial charge on any atom is -0.496 e. The van der Waals surface area contributed by atoms with Crippen molar-refractivity contribution in [2.24, 2.45) is 0 Å². The van der Waals surface area contributed by atoms with Crippen molar-refractivity contribution >= 4 is 55.2 Å². The third-order valence-electron chi connectivity index (χ3n) is 4.64. The Hall–Kier alpha value is -2.63. The van der Waals surface area contributed by atoms with Crippen LogP contribution in [0.5, 0.6) is 5.75 Å². The van der Waals surface area contributed by atoms with E-state index in [-0.39, 0.29) is 5.91 Å². The summed E-state index contributed by atoms with van der Waals surface area (Å²) in [5, 5.41) is 0. The summed E-state index contributed by atoms with van der Waals surface area (Å²) in [5.41, 5.74) is 4.22. The normalized spacial score (nSPS) is 15.0. The topological polar surface area (TPSA) is 29.5 Å². The van der Waals surface area contributed by atoms with Crippen LogP contribution in [0.1, 0.15) is 11.1 Å². The largest absolute Gasteiger partial charge is 0.496 e. The fourth-order valence-electron chi connectivity index (χ4n) is 3.24. The van der Waals surface area contributed by atoms with E-state index < -0.39 is 0 Å². The SMILES string of the molecule is COc1ccc(/C=C2\C=C(c3ccccc3)N(c3ccc(Br)cc3)C2=O)cc1Br. The Morgan fingerprint density at radius 2 is 1.66 bits per heavy atom. The fraction of sp³-hybridized carbons (Fsp3) is 0.0417. The number of methoxy groups -OCH3 is 1. The lowest BCUT2D eigenvalue weighted by Crippen LogP contribution is -2.24. The Balaban J connectivity index is 1.79. The highest BCUT2D eigenvalue weighted by atomic mass is 79.9. The first kappa shape index (κ1) is 19.7. The minimum absolute atomic E-state index is 0.0573. The van der Waals surface area contributed by atoms with Crippen molar-refractivity contribution in [1.29, 1.82) is 0 Å². The van der Waals surface area contributed by atoms with E-state index in [1.54, 1.807) is 12.0 Å². The molecule has 0 aliphatic carbocycles. The summed E-state index contributed by atoms with van der Waals surface area (Å²) in [4.78, 5) is 15.1. The number of carbonyl (C=O) groups is 1. The van der Waals surface area contributed by atoms with Crippen LogP contribution >= 0.6 is 31.9 Å². The van der Waals surface area contributed by atoms with Gasteiger partial charge in [-0.2, -0.15) is 0 Å². The van der Waals surface area contributed by atoms with E-state index in [1.165, 1.54) is 0 Å². The second kappa shape index (κ2) is 8.39. The molecule has 0 unspecified atom stereocenters. The quantitative estimate of drug-likeness (QED) is 0.366. The molecule has 5 heteroatoms. The number of hydrogen-bond acceptors (Lipinski definition) is 2. The Labute approximate surface area is 186 Å². The average Bonchev–Trinajstić information content (AvgIpc) is 3.06. The smallest absolute Gasteiger partial charge is 0.262 e. The number of hydrogen-bond donors (Lipinski definition) is 0. The summed E-state index contributed by atoms with van der Waals surface area (Å²) in [6.07, 6.45) is 3.84. The van der Waals surface area contributed by atoms with Crippen LogP contribution < -0.4 is 9.64 Å². The summed E-state index contributed by atoms with van der Waals surface area (Å²) < 4.78 is 7.11. The molecule has 1 aliphatic rings. The zero-order valence-electron chi connectivity index (χ0n) is 15.6. The lowest BCUT2D eigenvalue weighted by atomic mass is 10.1. The van der Waals surface area contributed by atoms with Gasteiger partial charge in [0.2, 0.25) is 0 Å². The van der Waals surface area contributed by atoms with E-state index in [9.17, 15) is 4.79 Å². The highest BCUT2D eigenvalue weighted by Crippen LogP contribution is 2.36. The standard InChI is InChI=1S/C24H17Br2NO2/c1-29-23-12-7-16(14-21(23)26)13-18-15-22(17-5-3-2-4-6-17)27(24(18)28)20-10-8-19(25)9-11-20/h2-15H,1H3/b18-13+. The van der Waals surface area contributed by atoms with Crippen LogP contribution in [0.25, 0.3) is 11.8 Å². The number of anilines is 1. The first-order valence-electron chi connectivity index (χ1n) is 8.99. The Bertz CT molecular complexity index is 1120. The van der Waals surface area contributed by atoms with Crippen molar-refractivity contribution in [1.82, 2.24) is 0 Å². The molecular weight excluding hydrogens is 494 g/mol. The summed E-state index contributed by atoms with van der Waals surface area (Å²) in [6.45, 7) is 0. The molecular formula is C24H17Br2NO2. The number of amides is 1. The van der Waals surface area contributed by atoms with Gasteiger partial charge in [0.1, 0.15) is 5.75 Å². The number of nitrogens with zero attached hydrogens (tertiary/aromatic N) is 1. The fourth-order valence-corrected chi connectivity index (χ4v) is 4.06. The maximum atomic E-state index is 13.3. The molecule has 0 saturated carbocycles. The number of rotatable bonds is 4. The van der Waals surface area contributed by atoms with Crippen LogP contribution in [-0.2, 0) is 4.79 Å². The molecule has 0 radical (unpaired) electrons. The Morgan fingerprint density at radius 1 is 0.931 bits per heavy atom. The molecule has 0 saturated heterocycles. The molecule has 29 heavy (non-hydrogen) atoms. The minimum atomic E-state index is -0.0573. The molecule has 1 aliphatic heterocycles. The molecule has 1 amide bonds. The predicted octanol–water partition coefficient (Wildman–Crippen LogP) is 6.69. The van der Waals surface area contributed by atoms with Gasteiger partial charge in [-0.25, -0.2) is 0 Å². The molecule has 3 aromatic rings. The second-order valence-corrected chi connectivity index (χ2v) is 8.28. The highest BCUT2D eigenvalue weighted by Gasteiger charge is 2.30. The number of ether oxygens (including phenoxy) is 1. The van der Waals surface area contributed by atoms with E-state index in [4.69, 9.17) is 4.74 Å². The van der Waals surface area contributed by atoms with Gasteiger partial charge in [0.15, 0.2) is 0 Å². The van der Waals surface area contributed by atoms with Crippen molar-refractivity contribution in [2.75, 3.05) is 12.0 Å². The lowest BCUT2D eigenvalue weighted by molar-refractivity contribution is -0.113. The predicted molar refractivity (Wildman–Crippen MR) is 125 cm³/mol. The van der Waals surface area contributed by atoms with Gasteiger partial charge < -0.3 is 4.74 Å². The van der Waals surface area contributed by atoms with Crippen molar-refractivity contribution in [3.05, 3.63) is 105 Å². The summed E-state index contributed by atoms with van der Waals surface area (Å²) in [5.74, 6) is 0.694. The molecule has 4 rings (SSSR count). The third-order valence-corrected chi connectivity index (χ3v) is 5.78. The van der Waals surface area contributed by atoms with Gasteiger partial charge in [0.05, 0.1) is 17.3 Å². The summed E-state index contributed by atoms with van der Waals surface area (Å²) >= 11 is 6.97. The van der Waals surface area contributed by atoms with Crippen LogP contribution in [0.15, 0.2) is 93.4 Å². The van der Waals surface area contributed by atoms with Gasteiger partial charge in [0.25, 0.3) is 5.91 Å². The van der Waals surface area contributed by atoms with Gasteiger partial charge in [-0.1, -0.05) is 52.3 Å². The number of benzene rings is 3. The molecule has 3 nitrogen and oxygen atoms in total. The second-order valence-electron chi connectivity index (χ2n) is 6.51. The molecule has 0 bridgehead atoms. The molecule has 3 aromatic carbocycles. The monoisotopic (exact) mass is 509 g/mol. The summed E-state index contributed by atoms with van der Waals surface area (Å²) in [6, 6.07) is 23.4. The van der Waals surface area contributed by atoms with Crippen LogP contribution in [0.3, 0.4) is 0 Å².